The number of pyridine rings is 1. The van der Waals surface area contributed by atoms with Crippen molar-refractivity contribution in [1.82, 2.24) is 4.98 Å². The highest BCUT2D eigenvalue weighted by molar-refractivity contribution is 6.30. The Morgan fingerprint density at radius 1 is 1.37 bits per heavy atom. The SMILES string of the molecule is O=C(Nc1cccc(Cl)c1)O/N=C/c1cccnc1. The Morgan fingerprint density at radius 2 is 2.26 bits per heavy atom. The fourth-order valence-corrected chi connectivity index (χ4v) is 1.48. The van der Waals surface area contributed by atoms with Gasteiger partial charge in [-0.2, -0.15) is 0 Å². The zero-order valence-electron chi connectivity index (χ0n) is 9.79. The van der Waals surface area contributed by atoms with E-state index in [2.05, 4.69) is 20.3 Å². The highest BCUT2D eigenvalue weighted by Crippen LogP contribution is 2.14. The number of rotatable bonds is 3. The molecular weight excluding hydrogens is 266 g/mol. The predicted octanol–water partition coefficient (Wildman–Crippen LogP) is 3.32. The molecule has 6 heteroatoms. The molecule has 0 saturated heterocycles. The van der Waals surface area contributed by atoms with Gasteiger partial charge in [-0.3, -0.25) is 15.1 Å². The molecule has 0 aliphatic carbocycles. The van der Waals surface area contributed by atoms with Gasteiger partial charge in [0.1, 0.15) is 0 Å². The standard InChI is InChI=1S/C13H10ClN3O2/c14-11-4-1-5-12(7-11)17-13(18)19-16-9-10-3-2-6-15-8-10/h1-9H,(H,17,18)/b16-9+. The molecular formula is C13H10ClN3O2. The lowest BCUT2D eigenvalue weighted by Crippen LogP contribution is -2.10. The number of aromatic nitrogens is 1. The normalized spacial score (nSPS) is 10.4. The van der Waals surface area contributed by atoms with Crippen LogP contribution in [0, 0.1) is 0 Å². The van der Waals surface area contributed by atoms with Gasteiger partial charge < -0.3 is 0 Å². The van der Waals surface area contributed by atoms with Crippen molar-refractivity contribution in [3.8, 4) is 0 Å². The summed E-state index contributed by atoms with van der Waals surface area (Å²) in [5, 5.41) is 6.57. The molecule has 0 unspecified atom stereocenters. The largest absolute Gasteiger partial charge is 0.437 e. The number of oxime groups is 1. The van der Waals surface area contributed by atoms with Gasteiger partial charge in [-0.25, -0.2) is 4.79 Å². The van der Waals surface area contributed by atoms with E-state index in [4.69, 9.17) is 11.6 Å². The number of amides is 1. The maximum atomic E-state index is 11.4. The second-order valence-electron chi connectivity index (χ2n) is 3.53. The van der Waals surface area contributed by atoms with Crippen molar-refractivity contribution in [2.24, 2.45) is 5.16 Å². The van der Waals surface area contributed by atoms with Crippen molar-refractivity contribution in [2.45, 2.75) is 0 Å². The summed E-state index contributed by atoms with van der Waals surface area (Å²) < 4.78 is 0. The third-order valence-corrected chi connectivity index (χ3v) is 2.33. The van der Waals surface area contributed by atoms with E-state index in [9.17, 15) is 4.79 Å². The van der Waals surface area contributed by atoms with Crippen LogP contribution in [0.25, 0.3) is 0 Å². The molecule has 1 amide bonds. The van der Waals surface area contributed by atoms with Crippen LogP contribution in [0.15, 0.2) is 53.9 Å². The summed E-state index contributed by atoms with van der Waals surface area (Å²) in [6.45, 7) is 0. The van der Waals surface area contributed by atoms with E-state index in [-0.39, 0.29) is 0 Å². The summed E-state index contributed by atoms with van der Waals surface area (Å²) in [5.74, 6) is 0. The topological polar surface area (TPSA) is 63.6 Å². The van der Waals surface area contributed by atoms with Crippen molar-refractivity contribution in [1.29, 1.82) is 0 Å². The molecule has 0 aliphatic heterocycles. The molecule has 2 aromatic rings. The third-order valence-electron chi connectivity index (χ3n) is 2.09. The number of carbonyl (C=O) groups excluding carboxylic acids is 1. The molecule has 1 aromatic carbocycles. The molecule has 0 saturated carbocycles. The van der Waals surface area contributed by atoms with Crippen LogP contribution in [0.3, 0.4) is 0 Å². The number of halogens is 1. The number of benzene rings is 1. The Bertz CT molecular complexity index is 587. The number of nitrogens with one attached hydrogen (secondary N) is 1. The lowest BCUT2D eigenvalue weighted by atomic mass is 10.3. The van der Waals surface area contributed by atoms with Crippen molar-refractivity contribution in [2.75, 3.05) is 5.32 Å². The van der Waals surface area contributed by atoms with Crippen LogP contribution in [0.5, 0.6) is 0 Å². The Hall–Kier alpha value is -2.40. The number of carbonyl (C=O) groups is 1. The zero-order chi connectivity index (χ0) is 13.5. The summed E-state index contributed by atoms with van der Waals surface area (Å²) in [4.78, 5) is 19.9. The molecule has 1 heterocycles. The summed E-state index contributed by atoms with van der Waals surface area (Å²) in [6, 6.07) is 10.3. The van der Waals surface area contributed by atoms with Crippen LogP contribution in [0.1, 0.15) is 5.56 Å². The molecule has 0 aliphatic rings. The highest BCUT2D eigenvalue weighted by atomic mass is 35.5. The lowest BCUT2D eigenvalue weighted by Gasteiger charge is -2.02. The van der Waals surface area contributed by atoms with Crippen molar-refractivity contribution in [3.63, 3.8) is 0 Å². The van der Waals surface area contributed by atoms with Crippen molar-refractivity contribution in [3.05, 3.63) is 59.4 Å². The Balaban J connectivity index is 1.87. The van der Waals surface area contributed by atoms with E-state index in [0.29, 0.717) is 10.7 Å². The molecule has 0 atom stereocenters. The van der Waals surface area contributed by atoms with Gasteiger partial charge in [0, 0.05) is 28.7 Å². The Labute approximate surface area is 114 Å². The van der Waals surface area contributed by atoms with E-state index in [1.807, 2.05) is 0 Å². The maximum absolute atomic E-state index is 11.4. The molecule has 5 nitrogen and oxygen atoms in total. The average Bonchev–Trinajstić information content (AvgIpc) is 2.40. The molecule has 19 heavy (non-hydrogen) atoms. The van der Waals surface area contributed by atoms with Crippen molar-refractivity contribution >= 4 is 29.6 Å². The molecule has 1 aromatic heterocycles. The fraction of sp³-hybridized carbons (Fsp3) is 0. The quantitative estimate of drug-likeness (QED) is 0.531. The zero-order valence-corrected chi connectivity index (χ0v) is 10.5. The summed E-state index contributed by atoms with van der Waals surface area (Å²) in [7, 11) is 0. The van der Waals surface area contributed by atoms with E-state index >= 15 is 0 Å². The first-order chi connectivity index (χ1) is 9.24. The smallest absolute Gasteiger partial charge is 0.298 e. The Morgan fingerprint density at radius 3 is 3.00 bits per heavy atom. The van der Waals surface area contributed by atoms with Gasteiger partial charge in [-0.15, -0.1) is 0 Å². The summed E-state index contributed by atoms with van der Waals surface area (Å²) in [5.41, 5.74) is 1.27. The van der Waals surface area contributed by atoms with Gasteiger partial charge in [0.15, 0.2) is 0 Å². The molecule has 2 rings (SSSR count). The van der Waals surface area contributed by atoms with Crippen LogP contribution in [-0.2, 0) is 4.84 Å². The number of nitrogens with zero attached hydrogens (tertiary/aromatic N) is 2. The van der Waals surface area contributed by atoms with Crippen LogP contribution >= 0.6 is 11.6 Å². The second kappa shape index (κ2) is 6.51. The van der Waals surface area contributed by atoms with Crippen LogP contribution in [0.2, 0.25) is 5.02 Å². The highest BCUT2D eigenvalue weighted by Gasteiger charge is 2.02. The van der Waals surface area contributed by atoms with Gasteiger partial charge in [-0.05, 0) is 24.3 Å². The van der Waals surface area contributed by atoms with Crippen LogP contribution < -0.4 is 5.32 Å². The number of anilines is 1. The molecule has 1 N–H and O–H groups in total. The van der Waals surface area contributed by atoms with Crippen LogP contribution in [-0.4, -0.2) is 17.3 Å². The summed E-state index contributed by atoms with van der Waals surface area (Å²) in [6.07, 6.45) is 3.94. The van der Waals surface area contributed by atoms with Gasteiger partial charge in [0.2, 0.25) is 0 Å². The molecule has 0 spiro atoms. The number of hydrogen-bond donors (Lipinski definition) is 1. The maximum Gasteiger partial charge on any atom is 0.437 e. The minimum absolute atomic E-state index is 0.525. The lowest BCUT2D eigenvalue weighted by molar-refractivity contribution is 0.167. The first kappa shape index (κ1) is 13.0. The molecule has 0 radical (unpaired) electrons. The van der Waals surface area contributed by atoms with E-state index in [1.165, 1.54) is 6.21 Å². The van der Waals surface area contributed by atoms with Crippen LogP contribution in [0.4, 0.5) is 10.5 Å². The first-order valence-electron chi connectivity index (χ1n) is 5.41. The van der Waals surface area contributed by atoms with Gasteiger partial charge in [0.25, 0.3) is 0 Å². The molecule has 96 valence electrons. The predicted molar refractivity (Wildman–Crippen MR) is 73.4 cm³/mol. The molecule has 0 bridgehead atoms. The van der Waals surface area contributed by atoms with E-state index < -0.39 is 6.09 Å². The Kier molecular flexibility index (Phi) is 4.47. The minimum atomic E-state index is -0.692. The number of hydrogen-bond acceptors (Lipinski definition) is 4. The van der Waals surface area contributed by atoms with Gasteiger partial charge in [0.05, 0.1) is 6.21 Å². The second-order valence-corrected chi connectivity index (χ2v) is 3.97. The van der Waals surface area contributed by atoms with E-state index in [0.717, 1.165) is 5.56 Å². The third kappa shape index (κ3) is 4.40. The van der Waals surface area contributed by atoms with Gasteiger partial charge >= 0.3 is 6.09 Å². The van der Waals surface area contributed by atoms with E-state index in [1.54, 1.807) is 48.8 Å². The molecule has 0 fully saturated rings. The fourth-order valence-electron chi connectivity index (χ4n) is 1.29. The minimum Gasteiger partial charge on any atom is -0.298 e. The monoisotopic (exact) mass is 275 g/mol. The summed E-state index contributed by atoms with van der Waals surface area (Å²) >= 11 is 5.78. The average molecular weight is 276 g/mol. The van der Waals surface area contributed by atoms with Crippen molar-refractivity contribution < 1.29 is 9.63 Å². The van der Waals surface area contributed by atoms with Gasteiger partial charge in [-0.1, -0.05) is 28.9 Å². The first-order valence-corrected chi connectivity index (χ1v) is 5.79.